The molecule has 0 saturated heterocycles. The van der Waals surface area contributed by atoms with E-state index >= 15 is 0 Å². The molecule has 0 saturated carbocycles. The van der Waals surface area contributed by atoms with Crippen molar-refractivity contribution in [3.63, 3.8) is 0 Å². The Morgan fingerprint density at radius 2 is 2.18 bits per heavy atom. The second-order valence-corrected chi connectivity index (χ2v) is 4.03. The van der Waals surface area contributed by atoms with E-state index in [2.05, 4.69) is 10.3 Å². The minimum absolute atomic E-state index is 0.223. The first kappa shape index (κ1) is 13.2. The normalized spacial score (nSPS) is 11.9. The van der Waals surface area contributed by atoms with Crippen LogP contribution in [0.3, 0.4) is 0 Å². The number of hydrogen-bond acceptors (Lipinski definition) is 3. The number of pyridine rings is 1. The zero-order valence-corrected chi connectivity index (χ0v) is 9.93. The summed E-state index contributed by atoms with van der Waals surface area (Å²) in [6, 6.07) is 1.74. The van der Waals surface area contributed by atoms with Gasteiger partial charge in [-0.3, -0.25) is 14.6 Å². The van der Waals surface area contributed by atoms with Gasteiger partial charge in [0.2, 0.25) is 0 Å². The van der Waals surface area contributed by atoms with E-state index in [1.54, 1.807) is 19.2 Å². The zero-order valence-electron chi connectivity index (χ0n) is 9.93. The SMILES string of the molecule is Cc1cncc(C(=O)NCCC(C)C(=O)O)c1. The molecule has 0 bridgehead atoms. The maximum absolute atomic E-state index is 11.6. The van der Waals surface area contributed by atoms with Gasteiger partial charge in [0.05, 0.1) is 11.5 Å². The Balaban J connectivity index is 2.43. The van der Waals surface area contributed by atoms with E-state index < -0.39 is 11.9 Å². The molecule has 0 spiro atoms. The highest BCUT2D eigenvalue weighted by Gasteiger charge is 2.11. The standard InChI is InChI=1S/C12H16N2O3/c1-8-5-10(7-13-6-8)11(15)14-4-3-9(2)12(16)17/h5-7,9H,3-4H2,1-2H3,(H,14,15)(H,16,17). The van der Waals surface area contributed by atoms with Gasteiger partial charge in [-0.25, -0.2) is 0 Å². The summed E-state index contributed by atoms with van der Waals surface area (Å²) in [7, 11) is 0. The maximum atomic E-state index is 11.6. The predicted molar refractivity (Wildman–Crippen MR) is 62.7 cm³/mol. The summed E-state index contributed by atoms with van der Waals surface area (Å²) < 4.78 is 0. The van der Waals surface area contributed by atoms with E-state index in [1.165, 1.54) is 6.20 Å². The van der Waals surface area contributed by atoms with Gasteiger partial charge in [-0.05, 0) is 25.0 Å². The van der Waals surface area contributed by atoms with Crippen LogP contribution in [0.5, 0.6) is 0 Å². The van der Waals surface area contributed by atoms with E-state index in [0.29, 0.717) is 18.5 Å². The average molecular weight is 236 g/mol. The van der Waals surface area contributed by atoms with Crippen LogP contribution in [-0.2, 0) is 4.79 Å². The fourth-order valence-corrected chi connectivity index (χ4v) is 1.31. The molecule has 0 fully saturated rings. The third kappa shape index (κ3) is 4.22. The highest BCUT2D eigenvalue weighted by molar-refractivity contribution is 5.93. The highest BCUT2D eigenvalue weighted by atomic mass is 16.4. The van der Waals surface area contributed by atoms with Gasteiger partial charge in [-0.15, -0.1) is 0 Å². The molecule has 0 aromatic carbocycles. The molecule has 1 heterocycles. The number of amides is 1. The Hall–Kier alpha value is -1.91. The van der Waals surface area contributed by atoms with Gasteiger partial charge in [0.15, 0.2) is 0 Å². The molecule has 0 aliphatic carbocycles. The molecule has 1 amide bonds. The van der Waals surface area contributed by atoms with Gasteiger partial charge < -0.3 is 10.4 Å². The minimum atomic E-state index is -0.850. The Morgan fingerprint density at radius 3 is 2.76 bits per heavy atom. The molecule has 1 atom stereocenters. The number of carboxylic acids is 1. The van der Waals surface area contributed by atoms with Gasteiger partial charge in [0.1, 0.15) is 0 Å². The van der Waals surface area contributed by atoms with E-state index in [9.17, 15) is 9.59 Å². The molecule has 5 heteroatoms. The van der Waals surface area contributed by atoms with Crippen LogP contribution in [0, 0.1) is 12.8 Å². The Bertz CT molecular complexity index is 418. The summed E-state index contributed by atoms with van der Waals surface area (Å²) in [6.07, 6.45) is 3.58. The monoisotopic (exact) mass is 236 g/mol. The number of hydrogen-bond donors (Lipinski definition) is 2. The van der Waals surface area contributed by atoms with Gasteiger partial charge in [-0.2, -0.15) is 0 Å². The lowest BCUT2D eigenvalue weighted by molar-refractivity contribution is -0.141. The van der Waals surface area contributed by atoms with Crippen molar-refractivity contribution >= 4 is 11.9 Å². The number of aromatic nitrogens is 1. The number of aliphatic carboxylic acids is 1. The van der Waals surface area contributed by atoms with Crippen LogP contribution in [-0.4, -0.2) is 28.5 Å². The van der Waals surface area contributed by atoms with Gasteiger partial charge in [0.25, 0.3) is 5.91 Å². The van der Waals surface area contributed by atoms with Crippen LogP contribution < -0.4 is 5.32 Å². The summed E-state index contributed by atoms with van der Waals surface area (Å²) in [5, 5.41) is 11.3. The molecule has 0 aliphatic rings. The van der Waals surface area contributed by atoms with Crippen LogP contribution in [0.15, 0.2) is 18.5 Å². The van der Waals surface area contributed by atoms with Crippen molar-refractivity contribution < 1.29 is 14.7 Å². The maximum Gasteiger partial charge on any atom is 0.306 e. The van der Waals surface area contributed by atoms with Crippen LogP contribution in [0.25, 0.3) is 0 Å². The number of carbonyl (C=O) groups is 2. The first-order valence-corrected chi connectivity index (χ1v) is 5.43. The molecule has 0 radical (unpaired) electrons. The van der Waals surface area contributed by atoms with Crippen molar-refractivity contribution in [3.05, 3.63) is 29.6 Å². The van der Waals surface area contributed by atoms with Crippen LogP contribution in [0.2, 0.25) is 0 Å². The summed E-state index contributed by atoms with van der Waals surface area (Å²) in [4.78, 5) is 26.1. The first-order valence-electron chi connectivity index (χ1n) is 5.43. The largest absolute Gasteiger partial charge is 0.481 e. The summed E-state index contributed by atoms with van der Waals surface area (Å²) in [5.41, 5.74) is 1.41. The smallest absolute Gasteiger partial charge is 0.306 e. The van der Waals surface area contributed by atoms with Crippen molar-refractivity contribution in [2.75, 3.05) is 6.54 Å². The van der Waals surface area contributed by atoms with Crippen molar-refractivity contribution in [1.82, 2.24) is 10.3 Å². The lowest BCUT2D eigenvalue weighted by Crippen LogP contribution is -2.27. The first-order chi connectivity index (χ1) is 8.00. The molecular weight excluding hydrogens is 220 g/mol. The van der Waals surface area contributed by atoms with Crippen LogP contribution in [0.4, 0.5) is 0 Å². The third-order valence-electron chi connectivity index (χ3n) is 2.42. The van der Waals surface area contributed by atoms with Crippen LogP contribution in [0.1, 0.15) is 29.3 Å². The molecule has 0 aliphatic heterocycles. The van der Waals surface area contributed by atoms with Gasteiger partial charge in [0, 0.05) is 18.9 Å². The van der Waals surface area contributed by atoms with E-state index in [0.717, 1.165) is 5.56 Å². The molecule has 1 rings (SSSR count). The second-order valence-electron chi connectivity index (χ2n) is 4.03. The van der Waals surface area contributed by atoms with Crippen molar-refractivity contribution in [1.29, 1.82) is 0 Å². The number of nitrogens with one attached hydrogen (secondary N) is 1. The van der Waals surface area contributed by atoms with Crippen molar-refractivity contribution in [3.8, 4) is 0 Å². The van der Waals surface area contributed by atoms with Gasteiger partial charge in [-0.1, -0.05) is 6.92 Å². The number of nitrogens with zero attached hydrogens (tertiary/aromatic N) is 1. The molecule has 17 heavy (non-hydrogen) atoms. The quantitative estimate of drug-likeness (QED) is 0.805. The van der Waals surface area contributed by atoms with Crippen molar-refractivity contribution in [2.24, 2.45) is 5.92 Å². The summed E-state index contributed by atoms with van der Waals surface area (Å²) >= 11 is 0. The third-order valence-corrected chi connectivity index (χ3v) is 2.42. The van der Waals surface area contributed by atoms with E-state index in [-0.39, 0.29) is 5.91 Å². The topological polar surface area (TPSA) is 79.3 Å². The molecular formula is C12H16N2O3. The predicted octanol–water partition coefficient (Wildman–Crippen LogP) is 1.23. The van der Waals surface area contributed by atoms with Crippen molar-refractivity contribution in [2.45, 2.75) is 20.3 Å². The number of carboxylic acid groups (broad SMARTS) is 1. The van der Waals surface area contributed by atoms with E-state index in [4.69, 9.17) is 5.11 Å². The Kier molecular flexibility index (Phi) is 4.63. The van der Waals surface area contributed by atoms with Crippen LogP contribution >= 0.6 is 0 Å². The number of carbonyl (C=O) groups excluding carboxylic acids is 1. The number of rotatable bonds is 5. The molecule has 1 aromatic rings. The zero-order chi connectivity index (χ0) is 12.8. The fourth-order valence-electron chi connectivity index (χ4n) is 1.31. The lowest BCUT2D eigenvalue weighted by Gasteiger charge is -2.07. The van der Waals surface area contributed by atoms with Gasteiger partial charge >= 0.3 is 5.97 Å². The van der Waals surface area contributed by atoms with E-state index in [1.807, 2.05) is 6.92 Å². The Labute approximate surface area is 99.9 Å². The highest BCUT2D eigenvalue weighted by Crippen LogP contribution is 2.03. The summed E-state index contributed by atoms with van der Waals surface area (Å²) in [6.45, 7) is 3.82. The number of aryl methyl sites for hydroxylation is 1. The summed E-state index contributed by atoms with van der Waals surface area (Å²) in [5.74, 6) is -1.53. The molecule has 5 nitrogen and oxygen atoms in total. The Morgan fingerprint density at radius 1 is 1.47 bits per heavy atom. The molecule has 2 N–H and O–H groups in total. The second kappa shape index (κ2) is 5.98. The molecule has 1 unspecified atom stereocenters. The average Bonchev–Trinajstić information content (AvgIpc) is 2.28. The fraction of sp³-hybridized carbons (Fsp3) is 0.417. The lowest BCUT2D eigenvalue weighted by atomic mass is 10.1. The molecule has 1 aromatic heterocycles. The molecule has 92 valence electrons. The minimum Gasteiger partial charge on any atom is -0.481 e.